The smallest absolute Gasteiger partial charge is 0.306 e. The number of carbonyl (C=O) groups is 1. The van der Waals surface area contributed by atoms with Gasteiger partial charge >= 0.3 is 5.69 Å². The number of aromatic nitrogens is 2. The van der Waals surface area contributed by atoms with E-state index in [1.165, 1.54) is 12.3 Å². The number of thioether (sulfide) groups is 1. The van der Waals surface area contributed by atoms with Crippen molar-refractivity contribution in [1.82, 2.24) is 10.2 Å². The average Bonchev–Trinajstić information content (AvgIpc) is 3.16. The lowest BCUT2D eigenvalue weighted by molar-refractivity contribution is -0.387. The second-order valence-corrected chi connectivity index (χ2v) is 5.99. The third-order valence-electron chi connectivity index (χ3n) is 3.19. The number of nitro groups is 1. The van der Waals surface area contributed by atoms with E-state index in [1.54, 1.807) is 24.3 Å². The first-order valence-electron chi connectivity index (χ1n) is 7.27. The Hall–Kier alpha value is -3.27. The molecule has 0 saturated carbocycles. The molecular formula is C16H11FN4O4S. The molecule has 0 fully saturated rings. The average molecular weight is 374 g/mol. The fourth-order valence-corrected chi connectivity index (χ4v) is 2.63. The van der Waals surface area contributed by atoms with Crippen LogP contribution in [0.3, 0.4) is 0 Å². The first kappa shape index (κ1) is 17.5. The molecule has 8 nitrogen and oxygen atoms in total. The first-order chi connectivity index (χ1) is 12.5. The summed E-state index contributed by atoms with van der Waals surface area (Å²) in [6.07, 6.45) is 1.53. The number of rotatable bonds is 6. The molecule has 2 heterocycles. The SMILES string of the molecule is O=C(CSc1ccc(-c2ccco2)nn1)Nc1ccc(F)c([N+](=O)[O-])c1. The fourth-order valence-electron chi connectivity index (χ4n) is 2.02. The summed E-state index contributed by atoms with van der Waals surface area (Å²) < 4.78 is 18.5. The van der Waals surface area contributed by atoms with E-state index in [9.17, 15) is 19.3 Å². The number of anilines is 1. The highest BCUT2D eigenvalue weighted by atomic mass is 32.2. The van der Waals surface area contributed by atoms with Gasteiger partial charge in [-0.25, -0.2) is 0 Å². The van der Waals surface area contributed by atoms with Gasteiger partial charge in [-0.05, 0) is 36.4 Å². The van der Waals surface area contributed by atoms with Crippen molar-refractivity contribution in [1.29, 1.82) is 0 Å². The number of nitrogens with zero attached hydrogens (tertiary/aromatic N) is 3. The summed E-state index contributed by atoms with van der Waals surface area (Å²) in [7, 11) is 0. The number of amides is 1. The Morgan fingerprint density at radius 2 is 2.12 bits per heavy atom. The summed E-state index contributed by atoms with van der Waals surface area (Å²) in [4.78, 5) is 21.8. The molecule has 0 saturated heterocycles. The van der Waals surface area contributed by atoms with Crippen molar-refractivity contribution in [3.63, 3.8) is 0 Å². The topological polar surface area (TPSA) is 111 Å². The summed E-state index contributed by atoms with van der Waals surface area (Å²) in [5.41, 5.74) is 0.0141. The Balaban J connectivity index is 1.57. The quantitative estimate of drug-likeness (QED) is 0.399. The molecule has 0 atom stereocenters. The van der Waals surface area contributed by atoms with Gasteiger partial charge in [0.25, 0.3) is 0 Å². The Bertz CT molecular complexity index is 932. The van der Waals surface area contributed by atoms with Gasteiger partial charge in [0.15, 0.2) is 5.76 Å². The van der Waals surface area contributed by atoms with Crippen molar-refractivity contribution >= 4 is 29.0 Å². The van der Waals surface area contributed by atoms with Crippen LogP contribution in [0, 0.1) is 15.9 Å². The van der Waals surface area contributed by atoms with E-state index in [2.05, 4.69) is 15.5 Å². The van der Waals surface area contributed by atoms with E-state index in [4.69, 9.17) is 4.42 Å². The molecule has 132 valence electrons. The number of nitrogens with one attached hydrogen (secondary N) is 1. The van der Waals surface area contributed by atoms with Crippen molar-refractivity contribution in [2.45, 2.75) is 5.03 Å². The van der Waals surface area contributed by atoms with Gasteiger partial charge in [-0.2, -0.15) is 4.39 Å². The van der Waals surface area contributed by atoms with Crippen molar-refractivity contribution in [3.05, 3.63) is 64.7 Å². The minimum atomic E-state index is -0.964. The maximum absolute atomic E-state index is 13.3. The number of furan rings is 1. The molecule has 0 unspecified atom stereocenters. The predicted octanol–water partition coefficient (Wildman–Crippen LogP) is 3.51. The van der Waals surface area contributed by atoms with Gasteiger partial charge in [0.05, 0.1) is 16.9 Å². The zero-order valence-corrected chi connectivity index (χ0v) is 13.9. The molecule has 0 aliphatic carbocycles. The highest BCUT2D eigenvalue weighted by Crippen LogP contribution is 2.23. The molecule has 0 aliphatic heterocycles. The molecular weight excluding hydrogens is 363 g/mol. The van der Waals surface area contributed by atoms with Gasteiger partial charge in [-0.1, -0.05) is 11.8 Å². The highest BCUT2D eigenvalue weighted by molar-refractivity contribution is 7.99. The van der Waals surface area contributed by atoms with Crippen LogP contribution < -0.4 is 5.32 Å². The molecule has 10 heteroatoms. The molecule has 1 N–H and O–H groups in total. The van der Waals surface area contributed by atoms with Crippen molar-refractivity contribution in [3.8, 4) is 11.5 Å². The van der Waals surface area contributed by atoms with E-state index in [0.717, 1.165) is 23.9 Å². The fraction of sp³-hybridized carbons (Fsp3) is 0.0625. The second kappa shape index (κ2) is 7.74. The summed E-state index contributed by atoms with van der Waals surface area (Å²) in [5.74, 6) is -0.772. The third kappa shape index (κ3) is 4.22. The first-order valence-corrected chi connectivity index (χ1v) is 8.25. The lowest BCUT2D eigenvalue weighted by atomic mass is 10.2. The van der Waals surface area contributed by atoms with Crippen molar-refractivity contribution in [2.75, 3.05) is 11.1 Å². The standard InChI is InChI=1S/C16H11FN4O4S/c17-11-4-3-10(8-13(11)21(23)24)18-15(22)9-26-16-6-5-12(19-20-16)14-2-1-7-25-14/h1-8H,9H2,(H,18,22). The third-order valence-corrected chi connectivity index (χ3v) is 4.11. The Morgan fingerprint density at radius 3 is 2.77 bits per heavy atom. The number of hydrogen-bond acceptors (Lipinski definition) is 7. The van der Waals surface area contributed by atoms with Crippen molar-refractivity contribution in [2.24, 2.45) is 0 Å². The number of carbonyl (C=O) groups excluding carboxylic acids is 1. The van der Waals surface area contributed by atoms with E-state index in [0.29, 0.717) is 16.5 Å². The molecule has 1 amide bonds. The number of nitro benzene ring substituents is 1. The summed E-state index contributed by atoms with van der Waals surface area (Å²) in [5, 5.41) is 21.7. The molecule has 2 aromatic heterocycles. The van der Waals surface area contributed by atoms with Crippen LogP contribution in [-0.2, 0) is 4.79 Å². The van der Waals surface area contributed by atoms with Crippen LogP contribution in [0.15, 0.2) is 58.2 Å². The van der Waals surface area contributed by atoms with Crippen LogP contribution in [0.1, 0.15) is 0 Å². The zero-order chi connectivity index (χ0) is 18.5. The van der Waals surface area contributed by atoms with Gasteiger partial charge in [-0.3, -0.25) is 14.9 Å². The largest absolute Gasteiger partial charge is 0.463 e. The monoisotopic (exact) mass is 374 g/mol. The molecule has 1 aromatic carbocycles. The zero-order valence-electron chi connectivity index (χ0n) is 13.1. The Morgan fingerprint density at radius 1 is 1.27 bits per heavy atom. The van der Waals surface area contributed by atoms with Gasteiger partial charge in [-0.15, -0.1) is 10.2 Å². The van der Waals surface area contributed by atoms with Crippen LogP contribution >= 0.6 is 11.8 Å². The second-order valence-electron chi connectivity index (χ2n) is 4.99. The molecule has 3 aromatic rings. The van der Waals surface area contributed by atoms with E-state index >= 15 is 0 Å². The van der Waals surface area contributed by atoms with Crippen LogP contribution in [0.4, 0.5) is 15.8 Å². The summed E-state index contributed by atoms with van der Waals surface area (Å²) >= 11 is 1.14. The molecule has 0 bridgehead atoms. The van der Waals surface area contributed by atoms with Gasteiger partial charge in [0, 0.05) is 11.8 Å². The van der Waals surface area contributed by atoms with Gasteiger partial charge in [0.1, 0.15) is 10.7 Å². The lowest BCUT2D eigenvalue weighted by Gasteiger charge is -2.05. The van der Waals surface area contributed by atoms with E-state index in [1.807, 2.05) is 0 Å². The predicted molar refractivity (Wildman–Crippen MR) is 92.1 cm³/mol. The summed E-state index contributed by atoms with van der Waals surface area (Å²) in [6, 6.07) is 10.1. The maximum atomic E-state index is 13.3. The minimum Gasteiger partial charge on any atom is -0.463 e. The van der Waals surface area contributed by atoms with E-state index < -0.39 is 22.3 Å². The van der Waals surface area contributed by atoms with Gasteiger partial charge < -0.3 is 9.73 Å². The normalized spacial score (nSPS) is 10.5. The molecule has 0 spiro atoms. The van der Waals surface area contributed by atoms with Crippen molar-refractivity contribution < 1.29 is 18.5 Å². The Labute approximate surface area is 150 Å². The molecule has 3 rings (SSSR count). The number of hydrogen-bond donors (Lipinski definition) is 1. The van der Waals surface area contributed by atoms with Gasteiger partial charge in [0.2, 0.25) is 11.7 Å². The van der Waals surface area contributed by atoms with Crippen LogP contribution in [0.2, 0.25) is 0 Å². The number of benzene rings is 1. The summed E-state index contributed by atoms with van der Waals surface area (Å²) in [6.45, 7) is 0. The lowest BCUT2D eigenvalue weighted by Crippen LogP contribution is -2.14. The minimum absolute atomic E-state index is 0.0138. The van der Waals surface area contributed by atoms with Crippen LogP contribution in [0.25, 0.3) is 11.5 Å². The van der Waals surface area contributed by atoms with Crippen LogP contribution in [0.5, 0.6) is 0 Å². The highest BCUT2D eigenvalue weighted by Gasteiger charge is 2.15. The Kier molecular flexibility index (Phi) is 5.23. The molecule has 0 radical (unpaired) electrons. The molecule has 0 aliphatic rings. The van der Waals surface area contributed by atoms with E-state index in [-0.39, 0.29) is 11.4 Å². The molecule has 26 heavy (non-hydrogen) atoms. The van der Waals surface area contributed by atoms with Crippen LogP contribution in [-0.4, -0.2) is 26.8 Å². The maximum Gasteiger partial charge on any atom is 0.306 e. The number of halogens is 1.